The fourth-order valence-corrected chi connectivity index (χ4v) is 3.66. The van der Waals surface area contributed by atoms with Crippen molar-refractivity contribution in [1.29, 1.82) is 0 Å². The molecule has 1 N–H and O–H groups in total. The van der Waals surface area contributed by atoms with Gasteiger partial charge in [0.25, 0.3) is 0 Å². The van der Waals surface area contributed by atoms with Crippen LogP contribution in [0.15, 0.2) is 40.9 Å². The van der Waals surface area contributed by atoms with E-state index in [9.17, 15) is 4.79 Å². The standard InChI is InChI=1S/C20H22BrNO2/c1-13-8-14(2)10-16(9-13)20(6-7-20)19(23)22-12-15-11-17(21)4-5-18(15)24-3/h4-5,8-11H,6-7,12H2,1-3H3,(H,22,23). The van der Waals surface area contributed by atoms with Gasteiger partial charge in [0, 0.05) is 16.6 Å². The molecule has 24 heavy (non-hydrogen) atoms. The molecule has 1 saturated carbocycles. The van der Waals surface area contributed by atoms with Crippen LogP contribution in [-0.4, -0.2) is 13.0 Å². The average molecular weight is 388 g/mol. The van der Waals surface area contributed by atoms with Gasteiger partial charge < -0.3 is 10.1 Å². The van der Waals surface area contributed by atoms with Gasteiger partial charge in [-0.05, 0) is 50.5 Å². The van der Waals surface area contributed by atoms with Gasteiger partial charge in [0.15, 0.2) is 0 Å². The van der Waals surface area contributed by atoms with E-state index in [1.54, 1.807) is 7.11 Å². The lowest BCUT2D eigenvalue weighted by Gasteiger charge is -2.18. The first-order valence-electron chi connectivity index (χ1n) is 8.14. The van der Waals surface area contributed by atoms with Crippen LogP contribution in [0.4, 0.5) is 0 Å². The van der Waals surface area contributed by atoms with Crippen molar-refractivity contribution < 1.29 is 9.53 Å². The number of rotatable bonds is 5. The molecule has 1 fully saturated rings. The number of amides is 1. The van der Waals surface area contributed by atoms with Crippen molar-refractivity contribution in [3.05, 3.63) is 63.1 Å². The maximum Gasteiger partial charge on any atom is 0.230 e. The summed E-state index contributed by atoms with van der Waals surface area (Å²) in [4.78, 5) is 12.8. The first kappa shape index (κ1) is 17.0. The number of hydrogen-bond donors (Lipinski definition) is 1. The molecule has 0 spiro atoms. The monoisotopic (exact) mass is 387 g/mol. The van der Waals surface area contributed by atoms with Gasteiger partial charge in [0.1, 0.15) is 5.75 Å². The topological polar surface area (TPSA) is 38.3 Å². The predicted octanol–water partition coefficient (Wildman–Crippen LogP) is 4.42. The first-order valence-corrected chi connectivity index (χ1v) is 8.93. The SMILES string of the molecule is COc1ccc(Br)cc1CNC(=O)C1(c2cc(C)cc(C)c2)CC1. The largest absolute Gasteiger partial charge is 0.496 e. The number of benzene rings is 2. The molecule has 3 nitrogen and oxygen atoms in total. The van der Waals surface area contributed by atoms with Crippen molar-refractivity contribution >= 4 is 21.8 Å². The number of methoxy groups -OCH3 is 1. The average Bonchev–Trinajstić information content (AvgIpc) is 3.33. The van der Waals surface area contributed by atoms with Gasteiger partial charge in [-0.3, -0.25) is 4.79 Å². The summed E-state index contributed by atoms with van der Waals surface area (Å²) >= 11 is 3.47. The van der Waals surface area contributed by atoms with E-state index in [2.05, 4.69) is 53.3 Å². The fourth-order valence-electron chi connectivity index (χ4n) is 3.25. The Kier molecular flexibility index (Phi) is 4.68. The molecule has 0 aliphatic heterocycles. The summed E-state index contributed by atoms with van der Waals surface area (Å²) < 4.78 is 6.35. The predicted molar refractivity (Wildman–Crippen MR) is 99.4 cm³/mol. The molecule has 126 valence electrons. The van der Waals surface area contributed by atoms with E-state index >= 15 is 0 Å². The number of ether oxygens (including phenoxy) is 1. The van der Waals surface area contributed by atoms with E-state index in [4.69, 9.17) is 4.74 Å². The molecule has 0 unspecified atom stereocenters. The minimum absolute atomic E-state index is 0.106. The lowest BCUT2D eigenvalue weighted by atomic mass is 9.92. The molecule has 2 aromatic carbocycles. The summed E-state index contributed by atoms with van der Waals surface area (Å²) in [7, 11) is 1.65. The van der Waals surface area contributed by atoms with Gasteiger partial charge in [-0.25, -0.2) is 0 Å². The van der Waals surface area contributed by atoms with Gasteiger partial charge >= 0.3 is 0 Å². The summed E-state index contributed by atoms with van der Waals surface area (Å²) in [5.41, 5.74) is 4.17. The second-order valence-electron chi connectivity index (χ2n) is 6.60. The Morgan fingerprint density at radius 3 is 2.42 bits per heavy atom. The molecule has 0 atom stereocenters. The van der Waals surface area contributed by atoms with Crippen molar-refractivity contribution in [2.75, 3.05) is 7.11 Å². The van der Waals surface area contributed by atoms with Crippen LogP contribution in [0.5, 0.6) is 5.75 Å². The van der Waals surface area contributed by atoms with E-state index in [1.807, 2.05) is 18.2 Å². The zero-order valence-electron chi connectivity index (χ0n) is 14.3. The van der Waals surface area contributed by atoms with Crippen LogP contribution in [0, 0.1) is 13.8 Å². The Balaban J connectivity index is 1.77. The molecule has 0 heterocycles. The highest BCUT2D eigenvalue weighted by atomic mass is 79.9. The zero-order valence-corrected chi connectivity index (χ0v) is 15.9. The number of halogens is 1. The molecule has 1 amide bonds. The number of nitrogens with one attached hydrogen (secondary N) is 1. The Labute approximate surface area is 151 Å². The molecular formula is C20H22BrNO2. The maximum absolute atomic E-state index is 12.8. The summed E-state index contributed by atoms with van der Waals surface area (Å²) in [6.45, 7) is 4.63. The molecule has 4 heteroatoms. The molecular weight excluding hydrogens is 366 g/mol. The zero-order chi connectivity index (χ0) is 17.3. The van der Waals surface area contributed by atoms with Crippen LogP contribution >= 0.6 is 15.9 Å². The summed E-state index contributed by atoms with van der Waals surface area (Å²) in [6, 6.07) is 12.2. The van der Waals surface area contributed by atoms with Gasteiger partial charge in [-0.2, -0.15) is 0 Å². The van der Waals surface area contributed by atoms with Crippen LogP contribution in [0.2, 0.25) is 0 Å². The van der Waals surface area contributed by atoms with Crippen LogP contribution < -0.4 is 10.1 Å². The molecule has 1 aliphatic rings. The van der Waals surface area contributed by atoms with Crippen molar-refractivity contribution in [1.82, 2.24) is 5.32 Å². The van der Waals surface area contributed by atoms with Crippen molar-refractivity contribution in [2.24, 2.45) is 0 Å². The Bertz CT molecular complexity index is 761. The Morgan fingerprint density at radius 1 is 1.17 bits per heavy atom. The van der Waals surface area contributed by atoms with Crippen LogP contribution in [0.25, 0.3) is 0 Å². The van der Waals surface area contributed by atoms with E-state index in [-0.39, 0.29) is 11.3 Å². The van der Waals surface area contributed by atoms with E-state index in [1.165, 1.54) is 11.1 Å². The lowest BCUT2D eigenvalue weighted by molar-refractivity contribution is -0.123. The van der Waals surface area contributed by atoms with Crippen molar-refractivity contribution in [3.63, 3.8) is 0 Å². The molecule has 2 aromatic rings. The molecule has 1 aliphatic carbocycles. The number of carbonyl (C=O) groups is 1. The second kappa shape index (κ2) is 6.60. The molecule has 0 saturated heterocycles. The van der Waals surface area contributed by atoms with Crippen LogP contribution in [-0.2, 0) is 16.8 Å². The number of aryl methyl sites for hydroxylation is 2. The quantitative estimate of drug-likeness (QED) is 0.824. The third-order valence-corrected chi connectivity index (χ3v) is 5.13. The van der Waals surface area contributed by atoms with Gasteiger partial charge in [0.05, 0.1) is 12.5 Å². The van der Waals surface area contributed by atoms with Crippen molar-refractivity contribution in [3.8, 4) is 5.75 Å². The van der Waals surface area contributed by atoms with Crippen molar-refractivity contribution in [2.45, 2.75) is 38.6 Å². The molecule has 0 bridgehead atoms. The molecule has 0 aromatic heterocycles. The van der Waals surface area contributed by atoms with E-state index in [0.29, 0.717) is 6.54 Å². The third kappa shape index (κ3) is 3.34. The highest BCUT2D eigenvalue weighted by Gasteiger charge is 2.51. The highest BCUT2D eigenvalue weighted by molar-refractivity contribution is 9.10. The first-order chi connectivity index (χ1) is 11.4. The number of hydrogen-bond acceptors (Lipinski definition) is 2. The minimum atomic E-state index is -0.351. The lowest BCUT2D eigenvalue weighted by Crippen LogP contribution is -2.34. The van der Waals surface area contributed by atoms with Crippen LogP contribution in [0.3, 0.4) is 0 Å². The number of carbonyl (C=O) groups excluding carboxylic acids is 1. The second-order valence-corrected chi connectivity index (χ2v) is 7.51. The summed E-state index contributed by atoms with van der Waals surface area (Å²) in [5, 5.41) is 3.10. The van der Waals surface area contributed by atoms with E-state index in [0.717, 1.165) is 34.2 Å². The highest BCUT2D eigenvalue weighted by Crippen LogP contribution is 2.49. The molecule has 0 radical (unpaired) electrons. The van der Waals surface area contributed by atoms with Gasteiger partial charge in [0.2, 0.25) is 5.91 Å². The Morgan fingerprint density at radius 2 is 1.83 bits per heavy atom. The fraction of sp³-hybridized carbons (Fsp3) is 0.350. The van der Waals surface area contributed by atoms with Gasteiger partial charge in [-0.15, -0.1) is 0 Å². The smallest absolute Gasteiger partial charge is 0.230 e. The normalized spacial score (nSPS) is 15.0. The van der Waals surface area contributed by atoms with Gasteiger partial charge in [-0.1, -0.05) is 45.3 Å². The summed E-state index contributed by atoms with van der Waals surface area (Å²) in [6.07, 6.45) is 1.83. The molecule has 3 rings (SSSR count). The van der Waals surface area contributed by atoms with E-state index < -0.39 is 0 Å². The minimum Gasteiger partial charge on any atom is -0.496 e. The summed E-state index contributed by atoms with van der Waals surface area (Å²) in [5.74, 6) is 0.893. The van der Waals surface area contributed by atoms with Crippen LogP contribution in [0.1, 0.15) is 35.1 Å². The maximum atomic E-state index is 12.8. The third-order valence-electron chi connectivity index (χ3n) is 4.64. The Hall–Kier alpha value is -1.81.